The first-order chi connectivity index (χ1) is 8.83. The third-order valence-corrected chi connectivity index (χ3v) is 4.21. The van der Waals surface area contributed by atoms with Gasteiger partial charge in [-0.05, 0) is 31.6 Å². The molecule has 3 unspecified atom stereocenters. The van der Waals surface area contributed by atoms with E-state index in [4.69, 9.17) is 0 Å². The van der Waals surface area contributed by atoms with Gasteiger partial charge >= 0.3 is 0 Å². The number of nitrogens with zero attached hydrogens (tertiary/aromatic N) is 1. The Kier molecular flexibility index (Phi) is 3.32. The van der Waals surface area contributed by atoms with Gasteiger partial charge < -0.3 is 10.3 Å². The third-order valence-electron chi connectivity index (χ3n) is 4.21. The number of H-pyrrole nitrogens is 1. The van der Waals surface area contributed by atoms with Crippen LogP contribution in [0.1, 0.15) is 38.5 Å². The Morgan fingerprint density at radius 3 is 3.00 bits per heavy atom. The topological polar surface area (TPSA) is 69.8 Å². The lowest BCUT2D eigenvalue weighted by atomic mass is 9.77. The molecule has 1 amide bonds. The van der Waals surface area contributed by atoms with Gasteiger partial charge in [-0.2, -0.15) is 0 Å². The molecule has 1 aromatic heterocycles. The second kappa shape index (κ2) is 5.10. The normalized spacial score (nSPS) is 31.7. The molecule has 2 heterocycles. The van der Waals surface area contributed by atoms with Crippen LogP contribution in [0.4, 0.5) is 5.95 Å². The summed E-state index contributed by atoms with van der Waals surface area (Å²) < 4.78 is 0. The fourth-order valence-electron chi connectivity index (χ4n) is 3.24. The summed E-state index contributed by atoms with van der Waals surface area (Å²) in [6.07, 6.45) is 10.6. The first kappa shape index (κ1) is 11.7. The van der Waals surface area contributed by atoms with Crippen LogP contribution in [0.25, 0.3) is 0 Å². The van der Waals surface area contributed by atoms with Crippen molar-refractivity contribution in [1.29, 1.82) is 0 Å². The van der Waals surface area contributed by atoms with Crippen molar-refractivity contribution in [3.05, 3.63) is 12.4 Å². The van der Waals surface area contributed by atoms with Crippen LogP contribution in [0.3, 0.4) is 0 Å². The molecule has 1 aliphatic carbocycles. The maximum Gasteiger partial charge on any atom is 0.243 e. The van der Waals surface area contributed by atoms with Crippen LogP contribution in [0, 0.1) is 5.92 Å². The monoisotopic (exact) mass is 248 g/mol. The lowest BCUT2D eigenvalue weighted by Gasteiger charge is -2.39. The van der Waals surface area contributed by atoms with E-state index in [0.29, 0.717) is 12.0 Å². The summed E-state index contributed by atoms with van der Waals surface area (Å²) in [4.78, 5) is 19.0. The number of hydrogen-bond donors (Lipinski definition) is 3. The highest BCUT2D eigenvalue weighted by atomic mass is 16.2. The number of piperidine rings is 1. The molecule has 0 aromatic carbocycles. The van der Waals surface area contributed by atoms with Gasteiger partial charge in [0, 0.05) is 18.4 Å². The summed E-state index contributed by atoms with van der Waals surface area (Å²) in [6, 6.07) is 0.481. The van der Waals surface area contributed by atoms with Gasteiger partial charge in [-0.3, -0.25) is 10.1 Å². The number of anilines is 1. The zero-order valence-corrected chi connectivity index (χ0v) is 10.5. The number of carbonyl (C=O) groups excluding carboxylic acids is 1. The Morgan fingerprint density at radius 2 is 2.17 bits per heavy atom. The molecule has 0 spiro atoms. The van der Waals surface area contributed by atoms with Gasteiger partial charge in [-0.15, -0.1) is 0 Å². The first-order valence-corrected chi connectivity index (χ1v) is 6.89. The first-order valence-electron chi connectivity index (χ1n) is 6.89. The molecule has 0 bridgehead atoms. The van der Waals surface area contributed by atoms with Crippen molar-refractivity contribution < 1.29 is 4.79 Å². The molecular formula is C13H20N4O. The lowest BCUT2D eigenvalue weighted by molar-refractivity contribution is -0.119. The van der Waals surface area contributed by atoms with Crippen LogP contribution in [-0.4, -0.2) is 28.0 Å². The molecule has 1 saturated carbocycles. The second-order valence-corrected chi connectivity index (χ2v) is 5.37. The number of amides is 1. The molecule has 18 heavy (non-hydrogen) atoms. The van der Waals surface area contributed by atoms with Gasteiger partial charge in [0.25, 0.3) is 0 Å². The van der Waals surface area contributed by atoms with Gasteiger partial charge in [0.15, 0.2) is 0 Å². The van der Waals surface area contributed by atoms with Gasteiger partial charge in [0.1, 0.15) is 0 Å². The van der Waals surface area contributed by atoms with Crippen molar-refractivity contribution >= 4 is 11.9 Å². The van der Waals surface area contributed by atoms with E-state index in [1.165, 1.54) is 32.1 Å². The van der Waals surface area contributed by atoms with E-state index in [0.717, 1.165) is 12.3 Å². The predicted molar refractivity (Wildman–Crippen MR) is 69.1 cm³/mol. The molecule has 98 valence electrons. The summed E-state index contributed by atoms with van der Waals surface area (Å²) in [6.45, 7) is 0. The van der Waals surface area contributed by atoms with Crippen LogP contribution >= 0.6 is 0 Å². The Labute approximate surface area is 107 Å². The van der Waals surface area contributed by atoms with E-state index in [2.05, 4.69) is 20.6 Å². The fourth-order valence-corrected chi connectivity index (χ4v) is 3.24. The van der Waals surface area contributed by atoms with Crippen LogP contribution in [0.15, 0.2) is 12.4 Å². The minimum absolute atomic E-state index is 0.0361. The summed E-state index contributed by atoms with van der Waals surface area (Å²) in [5, 5.41) is 6.33. The molecular weight excluding hydrogens is 228 g/mol. The predicted octanol–water partition coefficient (Wildman–Crippen LogP) is 1.66. The van der Waals surface area contributed by atoms with Crippen LogP contribution in [-0.2, 0) is 4.79 Å². The second-order valence-electron chi connectivity index (χ2n) is 5.37. The van der Waals surface area contributed by atoms with Gasteiger partial charge in [0.05, 0.1) is 6.04 Å². The molecule has 3 rings (SSSR count). The van der Waals surface area contributed by atoms with Crippen LogP contribution < -0.4 is 10.6 Å². The van der Waals surface area contributed by atoms with Crippen molar-refractivity contribution in [2.24, 2.45) is 5.92 Å². The summed E-state index contributed by atoms with van der Waals surface area (Å²) in [5.74, 6) is 1.35. The SMILES string of the molecule is O=C(Nc1ncc[nH]1)C1CCC2CCCCC2N1. The molecule has 1 aromatic rings. The van der Waals surface area contributed by atoms with E-state index >= 15 is 0 Å². The Morgan fingerprint density at radius 1 is 1.28 bits per heavy atom. The van der Waals surface area contributed by atoms with Crippen molar-refractivity contribution in [2.75, 3.05) is 5.32 Å². The number of aromatic nitrogens is 2. The number of imidazole rings is 1. The van der Waals surface area contributed by atoms with Crippen molar-refractivity contribution in [3.63, 3.8) is 0 Å². The molecule has 2 aliphatic rings. The van der Waals surface area contributed by atoms with Crippen molar-refractivity contribution in [2.45, 2.75) is 50.6 Å². The van der Waals surface area contributed by atoms with Crippen LogP contribution in [0.2, 0.25) is 0 Å². The van der Waals surface area contributed by atoms with E-state index in [1.807, 2.05) is 0 Å². The molecule has 5 heteroatoms. The van der Waals surface area contributed by atoms with Crippen LogP contribution in [0.5, 0.6) is 0 Å². The van der Waals surface area contributed by atoms with Gasteiger partial charge in [-0.25, -0.2) is 4.98 Å². The van der Waals surface area contributed by atoms with Gasteiger partial charge in [0.2, 0.25) is 11.9 Å². The quantitative estimate of drug-likeness (QED) is 0.745. The zero-order valence-electron chi connectivity index (χ0n) is 10.5. The summed E-state index contributed by atoms with van der Waals surface area (Å²) in [5.41, 5.74) is 0. The average molecular weight is 248 g/mol. The number of hydrogen-bond acceptors (Lipinski definition) is 3. The zero-order chi connectivity index (χ0) is 12.4. The molecule has 1 saturated heterocycles. The average Bonchev–Trinajstić information content (AvgIpc) is 2.91. The minimum Gasteiger partial charge on any atom is -0.331 e. The fraction of sp³-hybridized carbons (Fsp3) is 0.692. The largest absolute Gasteiger partial charge is 0.331 e. The van der Waals surface area contributed by atoms with Crippen molar-refractivity contribution in [1.82, 2.24) is 15.3 Å². The highest BCUT2D eigenvalue weighted by molar-refractivity contribution is 5.93. The minimum atomic E-state index is -0.0607. The van der Waals surface area contributed by atoms with Gasteiger partial charge in [-0.1, -0.05) is 12.8 Å². The Bertz CT molecular complexity index is 403. The number of aromatic amines is 1. The summed E-state index contributed by atoms with van der Waals surface area (Å²) >= 11 is 0. The highest BCUT2D eigenvalue weighted by Gasteiger charge is 2.34. The van der Waals surface area contributed by atoms with Crippen molar-refractivity contribution in [3.8, 4) is 0 Å². The maximum atomic E-state index is 12.1. The van der Waals surface area contributed by atoms with E-state index in [9.17, 15) is 4.79 Å². The number of fused-ring (bicyclic) bond motifs is 1. The molecule has 1 aliphatic heterocycles. The summed E-state index contributed by atoms with van der Waals surface area (Å²) in [7, 11) is 0. The molecule has 2 fully saturated rings. The number of rotatable bonds is 2. The smallest absolute Gasteiger partial charge is 0.243 e. The number of carbonyl (C=O) groups is 1. The lowest BCUT2D eigenvalue weighted by Crippen LogP contribution is -2.53. The molecule has 0 radical (unpaired) electrons. The molecule has 3 atom stereocenters. The molecule has 5 nitrogen and oxygen atoms in total. The van der Waals surface area contributed by atoms with E-state index in [1.54, 1.807) is 12.4 Å². The number of nitrogens with one attached hydrogen (secondary N) is 3. The molecule has 3 N–H and O–H groups in total. The highest BCUT2D eigenvalue weighted by Crippen LogP contribution is 2.32. The van der Waals surface area contributed by atoms with E-state index in [-0.39, 0.29) is 11.9 Å². The third kappa shape index (κ3) is 2.41. The Balaban J connectivity index is 1.58. The standard InChI is InChI=1S/C13H20N4O/c18-12(17-13-14-7-8-15-13)11-6-5-9-3-1-2-4-10(9)16-11/h7-11,16H,1-6H2,(H2,14,15,17,18). The van der Waals surface area contributed by atoms with E-state index < -0.39 is 0 Å². The Hall–Kier alpha value is -1.36. The maximum absolute atomic E-state index is 12.1.